The summed E-state index contributed by atoms with van der Waals surface area (Å²) in [7, 11) is 0. The van der Waals surface area contributed by atoms with Gasteiger partial charge in [0.2, 0.25) is 5.91 Å². The van der Waals surface area contributed by atoms with Gasteiger partial charge in [0.15, 0.2) is 0 Å². The smallest absolute Gasteiger partial charge is 0.224 e. The quantitative estimate of drug-likeness (QED) is 0.849. The van der Waals surface area contributed by atoms with E-state index in [9.17, 15) is 4.79 Å². The Morgan fingerprint density at radius 3 is 2.80 bits per heavy atom. The molecule has 0 bridgehead atoms. The number of pyridine rings is 1. The van der Waals surface area contributed by atoms with E-state index in [-0.39, 0.29) is 36.6 Å². The summed E-state index contributed by atoms with van der Waals surface area (Å²) < 4.78 is 2.90. The Balaban J connectivity index is 0.00000180. The molecule has 0 saturated heterocycles. The molecule has 3 N–H and O–H groups in total. The van der Waals surface area contributed by atoms with Crippen molar-refractivity contribution in [3.8, 4) is 0 Å². The second kappa shape index (κ2) is 8.46. The fourth-order valence-electron chi connectivity index (χ4n) is 1.56. The Kier molecular flexibility index (Phi) is 8.12. The minimum atomic E-state index is -0.170. The van der Waals surface area contributed by atoms with Crippen LogP contribution in [0.4, 0.5) is 0 Å². The summed E-state index contributed by atoms with van der Waals surface area (Å²) in [6.45, 7) is 2.57. The van der Waals surface area contributed by atoms with Gasteiger partial charge in [-0.25, -0.2) is 4.98 Å². The Morgan fingerprint density at radius 2 is 2.15 bits per heavy atom. The Morgan fingerprint density at radius 1 is 1.45 bits per heavy atom. The number of carbonyl (C=O) groups excluding carboxylic acids is 1. The monoisotopic (exact) mass is 382 g/mol. The second-order valence-corrected chi connectivity index (χ2v) is 5.12. The molecule has 1 unspecified atom stereocenters. The molecule has 0 fully saturated rings. The summed E-state index contributed by atoms with van der Waals surface area (Å²) in [6.07, 6.45) is 3.82. The molecule has 0 aliphatic heterocycles. The molecule has 0 aromatic carbocycles. The van der Waals surface area contributed by atoms with Crippen LogP contribution in [0.15, 0.2) is 29.0 Å². The summed E-state index contributed by atoms with van der Waals surface area (Å²) in [5.74, 6) is -0.216. The molecule has 0 spiro atoms. The molecule has 1 amide bonds. The van der Waals surface area contributed by atoms with E-state index in [4.69, 9.17) is 5.73 Å². The van der Waals surface area contributed by atoms with Crippen molar-refractivity contribution in [2.24, 2.45) is 11.7 Å². The zero-order chi connectivity index (χ0) is 13.1. The molecule has 0 saturated carbocycles. The third kappa shape index (κ3) is 4.63. The minimum absolute atomic E-state index is 0. The van der Waals surface area contributed by atoms with Crippen molar-refractivity contribution >= 4 is 52.3 Å². The normalized spacial score (nSPS) is 11.3. The fraction of sp³-hybridized carbons (Fsp3) is 0.333. The van der Waals surface area contributed by atoms with Gasteiger partial charge in [0.05, 0.1) is 12.2 Å². The van der Waals surface area contributed by atoms with Crippen LogP contribution in [-0.2, 0) is 11.3 Å². The predicted octanol–water partition coefficient (Wildman–Crippen LogP) is 2.15. The molecule has 112 valence electrons. The number of fused-ring (bicyclic) bond motifs is 1. The number of hydrogen-bond acceptors (Lipinski definition) is 3. The molecule has 20 heavy (non-hydrogen) atoms. The third-order valence-electron chi connectivity index (χ3n) is 2.71. The number of nitrogens with two attached hydrogens (primary N) is 1. The standard InChI is InChI=1S/C12H15BrN4O.2ClH/c1-8(4-14)12(18)15-5-10-7-17-6-9(13)2-3-11(17)16-10;;/h2-3,6-8H,4-5,14H2,1H3,(H,15,18);2*1H. The van der Waals surface area contributed by atoms with Crippen LogP contribution < -0.4 is 11.1 Å². The van der Waals surface area contributed by atoms with E-state index in [0.29, 0.717) is 13.1 Å². The average molecular weight is 384 g/mol. The first-order chi connectivity index (χ1) is 8.60. The second-order valence-electron chi connectivity index (χ2n) is 4.20. The van der Waals surface area contributed by atoms with Gasteiger partial charge in [-0.1, -0.05) is 6.92 Å². The third-order valence-corrected chi connectivity index (χ3v) is 3.18. The molecule has 8 heteroatoms. The largest absolute Gasteiger partial charge is 0.350 e. The summed E-state index contributed by atoms with van der Waals surface area (Å²) in [5, 5.41) is 2.82. The lowest BCUT2D eigenvalue weighted by atomic mass is 10.2. The number of hydrogen-bond donors (Lipinski definition) is 2. The number of aromatic nitrogens is 2. The molecule has 2 heterocycles. The van der Waals surface area contributed by atoms with Gasteiger partial charge < -0.3 is 15.5 Å². The maximum atomic E-state index is 11.6. The summed E-state index contributed by atoms with van der Waals surface area (Å²) in [5.41, 5.74) is 7.11. The number of carbonyl (C=O) groups is 1. The van der Waals surface area contributed by atoms with E-state index in [1.165, 1.54) is 0 Å². The van der Waals surface area contributed by atoms with E-state index in [2.05, 4.69) is 26.2 Å². The molecule has 0 radical (unpaired) electrons. The zero-order valence-electron chi connectivity index (χ0n) is 10.9. The van der Waals surface area contributed by atoms with Crippen LogP contribution in [0.3, 0.4) is 0 Å². The molecule has 2 rings (SSSR count). The highest BCUT2D eigenvalue weighted by molar-refractivity contribution is 9.10. The first kappa shape index (κ1) is 19.2. The van der Waals surface area contributed by atoms with E-state index in [1.54, 1.807) is 6.92 Å². The van der Waals surface area contributed by atoms with Crippen molar-refractivity contribution in [3.05, 3.63) is 34.7 Å². The van der Waals surface area contributed by atoms with Gasteiger partial charge in [0.1, 0.15) is 5.65 Å². The van der Waals surface area contributed by atoms with Crippen molar-refractivity contribution in [2.75, 3.05) is 6.54 Å². The van der Waals surface area contributed by atoms with E-state index >= 15 is 0 Å². The highest BCUT2D eigenvalue weighted by Crippen LogP contribution is 2.12. The van der Waals surface area contributed by atoms with Crippen LogP contribution >= 0.6 is 40.7 Å². The van der Waals surface area contributed by atoms with Crippen molar-refractivity contribution in [1.82, 2.24) is 14.7 Å². The molecule has 5 nitrogen and oxygen atoms in total. The van der Waals surface area contributed by atoms with Crippen molar-refractivity contribution in [3.63, 3.8) is 0 Å². The lowest BCUT2D eigenvalue weighted by Gasteiger charge is -2.07. The molecular weight excluding hydrogens is 367 g/mol. The maximum Gasteiger partial charge on any atom is 0.224 e. The number of imidazole rings is 1. The number of amides is 1. The van der Waals surface area contributed by atoms with Gasteiger partial charge in [-0.05, 0) is 28.1 Å². The highest BCUT2D eigenvalue weighted by Gasteiger charge is 2.10. The van der Waals surface area contributed by atoms with Crippen LogP contribution in [0.5, 0.6) is 0 Å². The summed E-state index contributed by atoms with van der Waals surface area (Å²) in [4.78, 5) is 16.0. The minimum Gasteiger partial charge on any atom is -0.350 e. The summed E-state index contributed by atoms with van der Waals surface area (Å²) in [6, 6.07) is 3.85. The zero-order valence-corrected chi connectivity index (χ0v) is 14.1. The predicted molar refractivity (Wildman–Crippen MR) is 87.5 cm³/mol. The lowest BCUT2D eigenvalue weighted by Crippen LogP contribution is -2.32. The van der Waals surface area contributed by atoms with Gasteiger partial charge in [-0.3, -0.25) is 4.79 Å². The van der Waals surface area contributed by atoms with E-state index in [1.807, 2.05) is 28.9 Å². The van der Waals surface area contributed by atoms with Crippen LogP contribution in [0.2, 0.25) is 0 Å². The molecule has 2 aromatic rings. The summed E-state index contributed by atoms with van der Waals surface area (Å²) >= 11 is 3.40. The first-order valence-electron chi connectivity index (χ1n) is 5.71. The topological polar surface area (TPSA) is 72.4 Å². The van der Waals surface area contributed by atoms with Gasteiger partial charge in [0.25, 0.3) is 0 Å². The van der Waals surface area contributed by atoms with E-state index in [0.717, 1.165) is 15.8 Å². The van der Waals surface area contributed by atoms with Gasteiger partial charge in [-0.2, -0.15) is 0 Å². The Hall–Kier alpha value is -0.820. The molecule has 0 aliphatic carbocycles. The van der Waals surface area contributed by atoms with Gasteiger partial charge in [-0.15, -0.1) is 24.8 Å². The van der Waals surface area contributed by atoms with E-state index < -0.39 is 0 Å². The Bertz CT molecular complexity index is 576. The van der Waals surface area contributed by atoms with Crippen molar-refractivity contribution < 1.29 is 4.79 Å². The maximum absolute atomic E-state index is 11.6. The van der Waals surface area contributed by atoms with Crippen molar-refractivity contribution in [1.29, 1.82) is 0 Å². The van der Waals surface area contributed by atoms with Crippen LogP contribution in [-0.4, -0.2) is 21.8 Å². The lowest BCUT2D eigenvalue weighted by molar-refractivity contribution is -0.124. The molecule has 1 atom stereocenters. The number of halogens is 3. The van der Waals surface area contributed by atoms with Crippen LogP contribution in [0.1, 0.15) is 12.6 Å². The number of rotatable bonds is 4. The fourth-order valence-corrected chi connectivity index (χ4v) is 1.91. The van der Waals surface area contributed by atoms with Crippen LogP contribution in [0.25, 0.3) is 5.65 Å². The van der Waals surface area contributed by atoms with Gasteiger partial charge >= 0.3 is 0 Å². The SMILES string of the molecule is CC(CN)C(=O)NCc1cn2cc(Br)ccc2n1.Cl.Cl. The number of nitrogens with zero attached hydrogens (tertiary/aromatic N) is 2. The van der Waals surface area contributed by atoms with Gasteiger partial charge in [0, 0.05) is 29.3 Å². The average Bonchev–Trinajstić information content (AvgIpc) is 2.76. The molecular formula is C12H17BrCl2N4O. The number of nitrogens with one attached hydrogen (secondary N) is 1. The first-order valence-corrected chi connectivity index (χ1v) is 6.50. The van der Waals surface area contributed by atoms with Crippen molar-refractivity contribution in [2.45, 2.75) is 13.5 Å². The molecule has 2 aromatic heterocycles. The highest BCUT2D eigenvalue weighted by atomic mass is 79.9. The Labute approximate surface area is 138 Å². The molecule has 0 aliphatic rings. The van der Waals surface area contributed by atoms with Crippen LogP contribution in [0, 0.1) is 5.92 Å².